The van der Waals surface area contributed by atoms with Crippen molar-refractivity contribution in [2.75, 3.05) is 5.32 Å². The van der Waals surface area contributed by atoms with Crippen LogP contribution in [0.25, 0.3) is 21.3 Å². The van der Waals surface area contributed by atoms with Crippen LogP contribution in [-0.4, -0.2) is 16.1 Å². The lowest BCUT2D eigenvalue weighted by molar-refractivity contribution is 0.0698. The molecule has 0 unspecified atom stereocenters. The van der Waals surface area contributed by atoms with Gasteiger partial charge in [0.25, 0.3) is 0 Å². The molecule has 4 rings (SSSR count). The minimum Gasteiger partial charge on any atom is -0.478 e. The number of benzene rings is 2. The first-order chi connectivity index (χ1) is 13.0. The largest absolute Gasteiger partial charge is 0.478 e. The van der Waals surface area contributed by atoms with Crippen LogP contribution in [0.5, 0.6) is 0 Å². The quantitative estimate of drug-likeness (QED) is 0.342. The van der Waals surface area contributed by atoms with Crippen LogP contribution in [0.4, 0.5) is 11.4 Å². The SMILES string of the molecule is O=C(O)c1ccccc1Nc1c(S)cnc2ccc(-c3sccc3Cl)cc12. The van der Waals surface area contributed by atoms with Gasteiger partial charge in [-0.25, -0.2) is 4.79 Å². The number of aromatic carboxylic acids is 1. The van der Waals surface area contributed by atoms with Crippen LogP contribution < -0.4 is 5.32 Å². The number of aromatic nitrogens is 1. The number of para-hydroxylation sites is 1. The fourth-order valence-corrected chi connectivity index (χ4v) is 4.27. The fourth-order valence-electron chi connectivity index (χ4n) is 2.87. The zero-order valence-electron chi connectivity index (χ0n) is 13.8. The number of anilines is 2. The van der Waals surface area contributed by atoms with E-state index < -0.39 is 5.97 Å². The monoisotopic (exact) mass is 412 g/mol. The number of hydrogen-bond donors (Lipinski definition) is 3. The predicted molar refractivity (Wildman–Crippen MR) is 114 cm³/mol. The van der Waals surface area contributed by atoms with Crippen LogP contribution in [0, 0.1) is 0 Å². The Bertz CT molecular complexity index is 1170. The molecule has 2 heterocycles. The van der Waals surface area contributed by atoms with Crippen molar-refractivity contribution in [3.63, 3.8) is 0 Å². The van der Waals surface area contributed by atoms with Gasteiger partial charge in [0.05, 0.1) is 32.4 Å². The van der Waals surface area contributed by atoms with Gasteiger partial charge < -0.3 is 10.4 Å². The van der Waals surface area contributed by atoms with Gasteiger partial charge in [-0.3, -0.25) is 4.98 Å². The number of carboxylic acids is 1. The van der Waals surface area contributed by atoms with Crippen LogP contribution in [-0.2, 0) is 0 Å². The lowest BCUT2D eigenvalue weighted by atomic mass is 10.1. The summed E-state index contributed by atoms with van der Waals surface area (Å²) in [5.41, 5.74) is 3.13. The number of pyridine rings is 1. The van der Waals surface area contributed by atoms with E-state index in [-0.39, 0.29) is 5.56 Å². The zero-order valence-corrected chi connectivity index (χ0v) is 16.3. The van der Waals surface area contributed by atoms with E-state index in [0.29, 0.717) is 21.3 Å². The van der Waals surface area contributed by atoms with Gasteiger partial charge in [-0.15, -0.1) is 24.0 Å². The summed E-state index contributed by atoms with van der Waals surface area (Å²) in [6.07, 6.45) is 1.65. The standard InChI is InChI=1S/C20H13ClN2O2S2/c21-14-7-8-27-19(14)11-5-6-15-13(9-11)18(17(26)10-22-15)23-16-4-2-1-3-12(16)20(24)25/h1-10,26H,(H,22,23)(H,24,25). The molecule has 7 heteroatoms. The molecule has 0 amide bonds. The molecule has 2 aromatic carbocycles. The van der Waals surface area contributed by atoms with Crippen LogP contribution in [0.1, 0.15) is 10.4 Å². The highest BCUT2D eigenvalue weighted by Crippen LogP contribution is 2.38. The molecular formula is C20H13ClN2O2S2. The van der Waals surface area contributed by atoms with Crippen molar-refractivity contribution < 1.29 is 9.90 Å². The highest BCUT2D eigenvalue weighted by molar-refractivity contribution is 7.80. The number of fused-ring (bicyclic) bond motifs is 1. The van der Waals surface area contributed by atoms with Crippen molar-refractivity contribution in [3.8, 4) is 10.4 Å². The highest BCUT2D eigenvalue weighted by Gasteiger charge is 2.14. The molecule has 27 heavy (non-hydrogen) atoms. The van der Waals surface area contributed by atoms with Crippen LogP contribution in [0.2, 0.25) is 5.02 Å². The summed E-state index contributed by atoms with van der Waals surface area (Å²) in [5.74, 6) is -0.997. The van der Waals surface area contributed by atoms with E-state index in [1.54, 1.807) is 41.8 Å². The van der Waals surface area contributed by atoms with Gasteiger partial charge in [0, 0.05) is 16.5 Å². The van der Waals surface area contributed by atoms with Crippen molar-refractivity contribution >= 4 is 63.8 Å². The van der Waals surface area contributed by atoms with Crippen molar-refractivity contribution in [2.45, 2.75) is 4.90 Å². The Hall–Kier alpha value is -2.54. The van der Waals surface area contributed by atoms with E-state index in [4.69, 9.17) is 11.6 Å². The maximum absolute atomic E-state index is 11.5. The molecule has 0 fully saturated rings. The normalized spacial score (nSPS) is 10.9. The Morgan fingerprint density at radius 3 is 2.74 bits per heavy atom. The second-order valence-electron chi connectivity index (χ2n) is 5.82. The Morgan fingerprint density at radius 2 is 2.00 bits per heavy atom. The molecule has 2 N–H and O–H groups in total. The average molecular weight is 413 g/mol. The highest BCUT2D eigenvalue weighted by atomic mass is 35.5. The number of hydrogen-bond acceptors (Lipinski definition) is 5. The third kappa shape index (κ3) is 3.39. The summed E-state index contributed by atoms with van der Waals surface area (Å²) in [6, 6.07) is 14.5. The van der Waals surface area contributed by atoms with E-state index >= 15 is 0 Å². The van der Waals surface area contributed by atoms with E-state index in [2.05, 4.69) is 22.9 Å². The first-order valence-corrected chi connectivity index (χ1v) is 9.69. The molecule has 4 aromatic rings. The lowest BCUT2D eigenvalue weighted by Crippen LogP contribution is -2.03. The first-order valence-electron chi connectivity index (χ1n) is 7.99. The summed E-state index contributed by atoms with van der Waals surface area (Å²) in [7, 11) is 0. The minimum atomic E-state index is -0.997. The van der Waals surface area contributed by atoms with Gasteiger partial charge in [-0.1, -0.05) is 29.8 Å². The van der Waals surface area contributed by atoms with Crippen molar-refractivity contribution in [2.24, 2.45) is 0 Å². The Balaban J connectivity index is 1.88. The number of rotatable bonds is 4. The molecule has 0 saturated carbocycles. The predicted octanol–water partition coefficient (Wildman–Crippen LogP) is 6.35. The smallest absolute Gasteiger partial charge is 0.337 e. The Labute approximate surface area is 169 Å². The molecule has 4 nitrogen and oxygen atoms in total. The van der Waals surface area contributed by atoms with Gasteiger partial charge in [0.1, 0.15) is 0 Å². The molecule has 0 spiro atoms. The van der Waals surface area contributed by atoms with Crippen LogP contribution in [0.15, 0.2) is 65.0 Å². The summed E-state index contributed by atoms with van der Waals surface area (Å²) < 4.78 is 0. The number of nitrogens with one attached hydrogen (secondary N) is 1. The summed E-state index contributed by atoms with van der Waals surface area (Å²) in [6.45, 7) is 0. The third-order valence-electron chi connectivity index (χ3n) is 4.14. The number of nitrogens with zero attached hydrogens (tertiary/aromatic N) is 1. The molecular weight excluding hydrogens is 400 g/mol. The number of thiophene rings is 1. The number of halogens is 1. The molecule has 0 aliphatic rings. The molecule has 0 aliphatic heterocycles. The maximum Gasteiger partial charge on any atom is 0.337 e. The third-order valence-corrected chi connectivity index (χ3v) is 5.87. The molecule has 0 radical (unpaired) electrons. The van der Waals surface area contributed by atoms with E-state index in [1.165, 1.54) is 0 Å². The van der Waals surface area contributed by atoms with Crippen molar-refractivity contribution in [1.29, 1.82) is 0 Å². The molecule has 0 saturated heterocycles. The van der Waals surface area contributed by atoms with Gasteiger partial charge in [0.2, 0.25) is 0 Å². The molecule has 2 aromatic heterocycles. The molecule has 0 atom stereocenters. The van der Waals surface area contributed by atoms with Crippen LogP contribution in [0.3, 0.4) is 0 Å². The topological polar surface area (TPSA) is 62.2 Å². The van der Waals surface area contributed by atoms with E-state index in [0.717, 1.165) is 21.3 Å². The summed E-state index contributed by atoms with van der Waals surface area (Å²) in [5, 5.41) is 16.1. The summed E-state index contributed by atoms with van der Waals surface area (Å²) in [4.78, 5) is 17.5. The average Bonchev–Trinajstić information content (AvgIpc) is 3.10. The van der Waals surface area contributed by atoms with Gasteiger partial charge in [-0.05, 0) is 41.3 Å². The van der Waals surface area contributed by atoms with Gasteiger partial charge in [-0.2, -0.15) is 0 Å². The number of carboxylic acid groups (broad SMARTS) is 1. The second-order valence-corrected chi connectivity index (χ2v) is 7.63. The van der Waals surface area contributed by atoms with Crippen molar-refractivity contribution in [1.82, 2.24) is 4.98 Å². The van der Waals surface area contributed by atoms with Crippen molar-refractivity contribution in [3.05, 3.63) is 70.7 Å². The molecule has 0 aliphatic carbocycles. The van der Waals surface area contributed by atoms with E-state index in [9.17, 15) is 9.90 Å². The molecule has 0 bridgehead atoms. The first kappa shape index (κ1) is 17.9. The van der Waals surface area contributed by atoms with E-state index in [1.807, 2.05) is 29.6 Å². The van der Waals surface area contributed by atoms with Gasteiger partial charge >= 0.3 is 5.97 Å². The number of carbonyl (C=O) groups is 1. The second kappa shape index (κ2) is 7.23. The maximum atomic E-state index is 11.5. The summed E-state index contributed by atoms with van der Waals surface area (Å²) >= 11 is 12.4. The minimum absolute atomic E-state index is 0.188. The molecule has 134 valence electrons. The Kier molecular flexibility index (Phi) is 4.78. The van der Waals surface area contributed by atoms with Gasteiger partial charge in [0.15, 0.2) is 0 Å². The van der Waals surface area contributed by atoms with Crippen LogP contribution >= 0.6 is 35.6 Å². The zero-order chi connectivity index (χ0) is 19.0. The number of thiol groups is 1. The lowest BCUT2D eigenvalue weighted by Gasteiger charge is -2.14. The Morgan fingerprint density at radius 1 is 1.19 bits per heavy atom. The fraction of sp³-hybridized carbons (Fsp3) is 0.